The summed E-state index contributed by atoms with van der Waals surface area (Å²) in [6.45, 7) is 4.44. The molecule has 1 N–H and O–H groups in total. The van der Waals surface area contributed by atoms with Gasteiger partial charge in [-0.3, -0.25) is 4.90 Å². The fraction of sp³-hybridized carbons (Fsp3) is 0.429. The number of nitrogens with one attached hydrogen (secondary N) is 1. The maximum absolute atomic E-state index is 12.8. The Kier molecular flexibility index (Phi) is 5.85. The lowest BCUT2D eigenvalue weighted by atomic mass is 10.1. The molecular weight excluding hydrogens is 376 g/mol. The summed E-state index contributed by atoms with van der Waals surface area (Å²) in [7, 11) is -3.65. The highest BCUT2D eigenvalue weighted by Gasteiger charge is 2.20. The van der Waals surface area contributed by atoms with Gasteiger partial charge in [0.2, 0.25) is 10.0 Å². The fourth-order valence-electron chi connectivity index (χ4n) is 3.63. The summed E-state index contributed by atoms with van der Waals surface area (Å²) < 4.78 is 39.6. The van der Waals surface area contributed by atoms with Gasteiger partial charge in [-0.25, -0.2) is 13.1 Å². The maximum atomic E-state index is 12.8. The molecule has 2 aromatic rings. The first-order chi connectivity index (χ1) is 13.6. The third-order valence-electron chi connectivity index (χ3n) is 5.19. The lowest BCUT2D eigenvalue weighted by Crippen LogP contribution is -2.25. The Balaban J connectivity index is 1.48. The minimum atomic E-state index is -3.65. The smallest absolute Gasteiger partial charge is 0.241 e. The van der Waals surface area contributed by atoms with E-state index in [9.17, 15) is 8.42 Å². The van der Waals surface area contributed by atoms with Crippen molar-refractivity contribution in [1.29, 1.82) is 0 Å². The molecule has 0 saturated carbocycles. The molecule has 1 fully saturated rings. The van der Waals surface area contributed by atoms with E-state index in [1.165, 1.54) is 18.4 Å². The predicted octanol–water partition coefficient (Wildman–Crippen LogP) is 2.92. The maximum Gasteiger partial charge on any atom is 0.241 e. The first-order valence-corrected chi connectivity index (χ1v) is 11.3. The first-order valence-electron chi connectivity index (χ1n) is 9.80. The van der Waals surface area contributed by atoms with Crippen molar-refractivity contribution in [3.63, 3.8) is 0 Å². The number of sulfonamides is 1. The van der Waals surface area contributed by atoms with Gasteiger partial charge < -0.3 is 9.47 Å². The van der Waals surface area contributed by atoms with Crippen LogP contribution < -0.4 is 14.2 Å². The number of hydrogen-bond acceptors (Lipinski definition) is 5. The zero-order valence-corrected chi connectivity index (χ0v) is 16.7. The van der Waals surface area contributed by atoms with Crippen molar-refractivity contribution in [2.45, 2.75) is 37.2 Å². The Morgan fingerprint density at radius 1 is 0.893 bits per heavy atom. The van der Waals surface area contributed by atoms with Crippen LogP contribution in [-0.2, 0) is 23.1 Å². The SMILES string of the molecule is O=S(=O)(NCc1ccccc1CN1CCCC1)c1ccc2c(c1)OCCCO2. The minimum absolute atomic E-state index is 0.189. The highest BCUT2D eigenvalue weighted by Crippen LogP contribution is 2.32. The van der Waals surface area contributed by atoms with Gasteiger partial charge in [0.15, 0.2) is 11.5 Å². The summed E-state index contributed by atoms with van der Waals surface area (Å²) in [6.07, 6.45) is 3.25. The monoisotopic (exact) mass is 402 g/mol. The minimum Gasteiger partial charge on any atom is -0.490 e. The second kappa shape index (κ2) is 8.51. The van der Waals surface area contributed by atoms with Crippen molar-refractivity contribution in [1.82, 2.24) is 9.62 Å². The van der Waals surface area contributed by atoms with Crippen molar-refractivity contribution in [3.05, 3.63) is 53.6 Å². The zero-order valence-electron chi connectivity index (χ0n) is 15.9. The van der Waals surface area contributed by atoms with E-state index in [1.807, 2.05) is 18.2 Å². The van der Waals surface area contributed by atoms with Gasteiger partial charge in [-0.2, -0.15) is 0 Å². The Morgan fingerprint density at radius 3 is 2.39 bits per heavy atom. The quantitative estimate of drug-likeness (QED) is 0.805. The van der Waals surface area contributed by atoms with Crippen LogP contribution in [0.2, 0.25) is 0 Å². The third kappa shape index (κ3) is 4.48. The normalized spacial score (nSPS) is 17.4. The number of benzene rings is 2. The topological polar surface area (TPSA) is 67.9 Å². The third-order valence-corrected chi connectivity index (χ3v) is 6.59. The molecule has 6 nitrogen and oxygen atoms in total. The standard InChI is InChI=1S/C21H26N2O4S/c24-28(25,19-8-9-20-21(14-19)27-13-5-12-26-20)22-15-17-6-1-2-7-18(17)16-23-10-3-4-11-23/h1-2,6-9,14,22H,3-5,10-13,15-16H2. The second-order valence-electron chi connectivity index (χ2n) is 7.24. The number of fused-ring (bicyclic) bond motifs is 1. The van der Waals surface area contributed by atoms with Crippen LogP contribution in [0.15, 0.2) is 47.4 Å². The van der Waals surface area contributed by atoms with Gasteiger partial charge in [-0.15, -0.1) is 0 Å². The van der Waals surface area contributed by atoms with Crippen LogP contribution in [0.1, 0.15) is 30.4 Å². The molecule has 0 spiro atoms. The van der Waals surface area contributed by atoms with E-state index < -0.39 is 10.0 Å². The van der Waals surface area contributed by atoms with Crippen LogP contribution in [-0.4, -0.2) is 39.6 Å². The highest BCUT2D eigenvalue weighted by atomic mass is 32.2. The van der Waals surface area contributed by atoms with E-state index in [4.69, 9.17) is 9.47 Å². The lowest BCUT2D eigenvalue weighted by Gasteiger charge is -2.18. The van der Waals surface area contributed by atoms with E-state index in [0.29, 0.717) is 24.7 Å². The van der Waals surface area contributed by atoms with Gasteiger partial charge in [-0.05, 0) is 49.2 Å². The summed E-state index contributed by atoms with van der Waals surface area (Å²) in [5, 5.41) is 0. The highest BCUT2D eigenvalue weighted by molar-refractivity contribution is 7.89. The molecule has 2 heterocycles. The second-order valence-corrected chi connectivity index (χ2v) is 9.00. The van der Waals surface area contributed by atoms with Crippen LogP contribution >= 0.6 is 0 Å². The van der Waals surface area contributed by atoms with Gasteiger partial charge in [0.1, 0.15) is 0 Å². The van der Waals surface area contributed by atoms with Gasteiger partial charge in [0, 0.05) is 25.6 Å². The number of likely N-dealkylation sites (tertiary alicyclic amines) is 1. The molecule has 0 aromatic heterocycles. The average molecular weight is 403 g/mol. The van der Waals surface area contributed by atoms with Crippen LogP contribution in [0, 0.1) is 0 Å². The molecule has 0 bridgehead atoms. The van der Waals surface area contributed by atoms with Crippen molar-refractivity contribution >= 4 is 10.0 Å². The molecule has 150 valence electrons. The van der Waals surface area contributed by atoms with Crippen molar-refractivity contribution in [2.24, 2.45) is 0 Å². The molecule has 2 aliphatic heterocycles. The average Bonchev–Trinajstić information content (AvgIpc) is 3.09. The summed E-state index contributed by atoms with van der Waals surface area (Å²) >= 11 is 0. The van der Waals surface area contributed by atoms with Gasteiger partial charge in [0.05, 0.1) is 18.1 Å². The predicted molar refractivity (Wildman–Crippen MR) is 107 cm³/mol. The van der Waals surface area contributed by atoms with Crippen LogP contribution in [0.25, 0.3) is 0 Å². The summed E-state index contributed by atoms with van der Waals surface area (Å²) in [5.41, 5.74) is 2.18. The Labute approximate surface area is 166 Å². The van der Waals surface area contributed by atoms with Gasteiger partial charge >= 0.3 is 0 Å². The van der Waals surface area contributed by atoms with Crippen LogP contribution in [0.4, 0.5) is 0 Å². The largest absolute Gasteiger partial charge is 0.490 e. The molecule has 0 aliphatic carbocycles. The molecule has 0 radical (unpaired) electrons. The lowest BCUT2D eigenvalue weighted by molar-refractivity contribution is 0.297. The van der Waals surface area contributed by atoms with Crippen molar-refractivity contribution < 1.29 is 17.9 Å². The van der Waals surface area contributed by atoms with E-state index in [2.05, 4.69) is 15.7 Å². The van der Waals surface area contributed by atoms with E-state index in [1.54, 1.807) is 18.2 Å². The molecule has 0 atom stereocenters. The van der Waals surface area contributed by atoms with Crippen LogP contribution in [0.5, 0.6) is 11.5 Å². The zero-order chi connectivity index (χ0) is 19.4. The van der Waals surface area contributed by atoms with Gasteiger partial charge in [-0.1, -0.05) is 24.3 Å². The fourth-order valence-corrected chi connectivity index (χ4v) is 4.65. The van der Waals surface area contributed by atoms with Crippen molar-refractivity contribution in [2.75, 3.05) is 26.3 Å². The van der Waals surface area contributed by atoms with E-state index in [0.717, 1.165) is 31.6 Å². The van der Waals surface area contributed by atoms with E-state index in [-0.39, 0.29) is 11.4 Å². The first kappa shape index (κ1) is 19.2. The molecule has 2 aliphatic rings. The Bertz CT molecular complexity index is 924. The molecular formula is C21H26N2O4S. The number of rotatable bonds is 6. The summed E-state index contributed by atoms with van der Waals surface area (Å²) in [5.74, 6) is 1.07. The Hall–Kier alpha value is -2.09. The Morgan fingerprint density at radius 2 is 1.61 bits per heavy atom. The molecule has 1 saturated heterocycles. The number of hydrogen-bond donors (Lipinski definition) is 1. The van der Waals surface area contributed by atoms with Gasteiger partial charge in [0.25, 0.3) is 0 Å². The number of ether oxygens (including phenoxy) is 2. The van der Waals surface area contributed by atoms with Crippen LogP contribution in [0.3, 0.4) is 0 Å². The number of nitrogens with zero attached hydrogens (tertiary/aromatic N) is 1. The summed E-state index contributed by atoms with van der Waals surface area (Å²) in [6, 6.07) is 12.8. The summed E-state index contributed by atoms with van der Waals surface area (Å²) in [4.78, 5) is 2.60. The molecule has 7 heteroatoms. The van der Waals surface area contributed by atoms with Crippen molar-refractivity contribution in [3.8, 4) is 11.5 Å². The molecule has 28 heavy (non-hydrogen) atoms. The molecule has 4 rings (SSSR count). The molecule has 2 aromatic carbocycles. The molecule has 0 amide bonds. The molecule has 0 unspecified atom stereocenters. The van der Waals surface area contributed by atoms with E-state index >= 15 is 0 Å².